The van der Waals surface area contributed by atoms with E-state index in [0.29, 0.717) is 5.75 Å². The molecule has 7 nitrogen and oxygen atoms in total. The number of carbonyl (C=O) groups is 1. The fraction of sp³-hybridized carbons (Fsp3) is 0.409. The third-order valence-corrected chi connectivity index (χ3v) is 7.39. The van der Waals surface area contributed by atoms with Gasteiger partial charge in [0.15, 0.2) is 0 Å². The monoisotopic (exact) mass is 451 g/mol. The lowest BCUT2D eigenvalue weighted by atomic mass is 9.76. The van der Waals surface area contributed by atoms with Crippen LogP contribution in [0.2, 0.25) is 0 Å². The molecule has 31 heavy (non-hydrogen) atoms. The second-order valence-electron chi connectivity index (χ2n) is 8.49. The topological polar surface area (TPSA) is 104 Å². The van der Waals surface area contributed by atoms with Gasteiger partial charge in [-0.05, 0) is 66.3 Å². The van der Waals surface area contributed by atoms with Crippen molar-refractivity contribution in [2.45, 2.75) is 50.8 Å². The highest BCUT2D eigenvalue weighted by Gasteiger charge is 2.50. The number of sulfonamides is 1. The van der Waals surface area contributed by atoms with E-state index in [4.69, 9.17) is 4.74 Å². The molecule has 0 bridgehead atoms. The molecule has 1 heterocycles. The number of piperidine rings is 1. The number of hydrogen-bond donors (Lipinski definition) is 2. The summed E-state index contributed by atoms with van der Waals surface area (Å²) in [6.07, 6.45) is -0.770. The molecule has 9 heteroatoms. The van der Waals surface area contributed by atoms with Crippen LogP contribution in [0.25, 0.3) is 0 Å². The summed E-state index contributed by atoms with van der Waals surface area (Å²) in [6, 6.07) is 8.72. The molecule has 0 aliphatic carbocycles. The van der Waals surface area contributed by atoms with E-state index < -0.39 is 33.6 Å². The number of aryl methyl sites for hydroxylation is 1. The molecule has 1 aliphatic rings. The minimum absolute atomic E-state index is 0.0889. The molecule has 2 unspecified atom stereocenters. The van der Waals surface area contributed by atoms with Crippen LogP contribution >= 0.6 is 0 Å². The highest BCUT2D eigenvalue weighted by molar-refractivity contribution is 7.89. The number of hydrogen-bond acceptors (Lipinski definition) is 5. The standard InChI is InChI=1S/C22H26FNO6S/c1-14-10-16(23)5-4-15(14)13-30-18-6-8-19(9-7-18)31(28,29)24-12-17(25)11-22(2,3)20(24)21(26)27/h4-10,17,20,25H,11-13H2,1-3H3,(H,26,27). The van der Waals surface area contributed by atoms with Crippen LogP contribution in [0, 0.1) is 18.2 Å². The molecule has 1 aliphatic heterocycles. The van der Waals surface area contributed by atoms with Crippen LogP contribution in [-0.2, 0) is 21.4 Å². The molecule has 2 N–H and O–H groups in total. The van der Waals surface area contributed by atoms with Crippen molar-refractivity contribution in [3.05, 3.63) is 59.4 Å². The van der Waals surface area contributed by atoms with Gasteiger partial charge in [0.05, 0.1) is 11.0 Å². The van der Waals surface area contributed by atoms with Gasteiger partial charge in [-0.3, -0.25) is 4.79 Å². The summed E-state index contributed by atoms with van der Waals surface area (Å²) in [5.41, 5.74) is 0.601. The van der Waals surface area contributed by atoms with Gasteiger partial charge in [-0.25, -0.2) is 12.8 Å². The number of carboxylic acids is 1. The van der Waals surface area contributed by atoms with E-state index >= 15 is 0 Å². The molecule has 1 saturated heterocycles. The third-order valence-electron chi connectivity index (χ3n) is 5.54. The van der Waals surface area contributed by atoms with E-state index in [2.05, 4.69) is 0 Å². The summed E-state index contributed by atoms with van der Waals surface area (Å²) >= 11 is 0. The van der Waals surface area contributed by atoms with Gasteiger partial charge < -0.3 is 14.9 Å². The lowest BCUT2D eigenvalue weighted by Crippen LogP contribution is -2.59. The molecule has 0 saturated carbocycles. The van der Waals surface area contributed by atoms with Crippen molar-refractivity contribution in [2.75, 3.05) is 6.54 Å². The van der Waals surface area contributed by atoms with Gasteiger partial charge in [-0.15, -0.1) is 0 Å². The van der Waals surface area contributed by atoms with Crippen LogP contribution in [0.15, 0.2) is 47.4 Å². The zero-order chi connectivity index (χ0) is 23.0. The van der Waals surface area contributed by atoms with Crippen molar-refractivity contribution < 1.29 is 32.6 Å². The molecule has 3 rings (SSSR count). The van der Waals surface area contributed by atoms with Crippen LogP contribution in [0.4, 0.5) is 4.39 Å². The van der Waals surface area contributed by atoms with Gasteiger partial charge in [-0.2, -0.15) is 4.31 Å². The first-order valence-corrected chi connectivity index (χ1v) is 11.3. The largest absolute Gasteiger partial charge is 0.489 e. The number of aliphatic carboxylic acids is 1. The number of ether oxygens (including phenoxy) is 1. The SMILES string of the molecule is Cc1cc(F)ccc1COc1ccc(S(=O)(=O)N2CC(O)CC(C)(C)C2C(=O)O)cc1. The van der Waals surface area contributed by atoms with Crippen LogP contribution in [-0.4, -0.2) is 47.6 Å². The highest BCUT2D eigenvalue weighted by atomic mass is 32.2. The van der Waals surface area contributed by atoms with Gasteiger partial charge in [0.1, 0.15) is 24.2 Å². The van der Waals surface area contributed by atoms with Crippen molar-refractivity contribution >= 4 is 16.0 Å². The fourth-order valence-electron chi connectivity index (χ4n) is 4.01. The summed E-state index contributed by atoms with van der Waals surface area (Å²) in [7, 11) is -4.16. The normalized spacial score (nSPS) is 21.6. The molecule has 0 aromatic heterocycles. The third kappa shape index (κ3) is 4.89. The Morgan fingerprint density at radius 1 is 1.23 bits per heavy atom. The van der Waals surface area contributed by atoms with Gasteiger partial charge in [0.2, 0.25) is 10.0 Å². The maximum atomic E-state index is 13.2. The smallest absolute Gasteiger partial charge is 0.322 e. The lowest BCUT2D eigenvalue weighted by molar-refractivity contribution is -0.149. The number of halogens is 1. The van der Waals surface area contributed by atoms with E-state index in [-0.39, 0.29) is 30.3 Å². The lowest BCUT2D eigenvalue weighted by Gasteiger charge is -2.44. The molecule has 0 spiro atoms. The Hall–Kier alpha value is -2.49. The Morgan fingerprint density at radius 2 is 1.87 bits per heavy atom. The Kier molecular flexibility index (Phi) is 6.40. The van der Waals surface area contributed by atoms with Crippen LogP contribution in [0.5, 0.6) is 5.75 Å². The van der Waals surface area contributed by atoms with Crippen molar-refractivity contribution in [1.82, 2.24) is 4.31 Å². The van der Waals surface area contributed by atoms with E-state index in [9.17, 15) is 27.8 Å². The Bertz CT molecular complexity index is 1070. The highest BCUT2D eigenvalue weighted by Crippen LogP contribution is 2.38. The van der Waals surface area contributed by atoms with Crippen molar-refractivity contribution in [2.24, 2.45) is 5.41 Å². The molecular formula is C22H26FNO6S. The number of rotatable bonds is 6. The number of aliphatic hydroxyl groups is 1. The Morgan fingerprint density at radius 3 is 2.45 bits per heavy atom. The molecule has 2 aromatic rings. The van der Waals surface area contributed by atoms with E-state index in [1.807, 2.05) is 0 Å². The minimum atomic E-state index is -4.16. The van der Waals surface area contributed by atoms with E-state index in [1.165, 1.54) is 36.4 Å². The zero-order valence-corrected chi connectivity index (χ0v) is 18.4. The van der Waals surface area contributed by atoms with E-state index in [1.54, 1.807) is 26.8 Å². The molecular weight excluding hydrogens is 425 g/mol. The van der Waals surface area contributed by atoms with Gasteiger partial charge >= 0.3 is 5.97 Å². The minimum Gasteiger partial charge on any atom is -0.489 e. The Balaban J connectivity index is 1.80. The second-order valence-corrected chi connectivity index (χ2v) is 10.4. The summed E-state index contributed by atoms with van der Waals surface area (Å²) in [6.45, 7) is 4.93. The number of β-amino-alcohol motifs (C(OH)–C–C–N with tert-alkyl or cyclic N) is 1. The second kappa shape index (κ2) is 8.57. The number of benzene rings is 2. The quantitative estimate of drug-likeness (QED) is 0.700. The predicted octanol–water partition coefficient (Wildman–Crippen LogP) is 2.95. The molecule has 2 aromatic carbocycles. The fourth-order valence-corrected chi connectivity index (χ4v) is 5.78. The average molecular weight is 452 g/mol. The first-order valence-electron chi connectivity index (χ1n) is 9.82. The zero-order valence-electron chi connectivity index (χ0n) is 17.6. The van der Waals surface area contributed by atoms with Gasteiger partial charge in [0.25, 0.3) is 0 Å². The molecule has 2 atom stereocenters. The van der Waals surface area contributed by atoms with E-state index in [0.717, 1.165) is 15.4 Å². The number of aliphatic hydroxyl groups excluding tert-OH is 1. The molecule has 1 fully saturated rings. The Labute approximate surface area is 181 Å². The predicted molar refractivity (Wildman–Crippen MR) is 112 cm³/mol. The summed E-state index contributed by atoms with van der Waals surface area (Å²) in [5.74, 6) is -1.17. The first-order chi connectivity index (χ1) is 14.4. The van der Waals surface area contributed by atoms with Crippen LogP contribution in [0.3, 0.4) is 0 Å². The summed E-state index contributed by atoms with van der Waals surface area (Å²) in [4.78, 5) is 11.8. The number of nitrogens with zero attached hydrogens (tertiary/aromatic N) is 1. The molecule has 168 valence electrons. The van der Waals surface area contributed by atoms with Gasteiger partial charge in [-0.1, -0.05) is 19.9 Å². The summed E-state index contributed by atoms with van der Waals surface area (Å²) < 4.78 is 46.1. The maximum Gasteiger partial charge on any atom is 0.322 e. The average Bonchev–Trinajstić information content (AvgIpc) is 2.65. The number of carboxylic acid groups (broad SMARTS) is 1. The molecule has 0 amide bonds. The van der Waals surface area contributed by atoms with Crippen molar-refractivity contribution in [3.63, 3.8) is 0 Å². The first kappa shape index (κ1) is 23.2. The maximum absolute atomic E-state index is 13.2. The van der Waals surface area contributed by atoms with Crippen LogP contribution in [0.1, 0.15) is 31.4 Å². The summed E-state index contributed by atoms with van der Waals surface area (Å²) in [5, 5.41) is 19.8. The molecule has 0 radical (unpaired) electrons. The van der Waals surface area contributed by atoms with Crippen LogP contribution < -0.4 is 4.74 Å². The van der Waals surface area contributed by atoms with Crippen molar-refractivity contribution in [3.8, 4) is 5.75 Å². The van der Waals surface area contributed by atoms with Crippen molar-refractivity contribution in [1.29, 1.82) is 0 Å². The van der Waals surface area contributed by atoms with Gasteiger partial charge in [0, 0.05) is 6.54 Å².